The number of aryl methyl sites for hydroxylation is 2. The number of imide groups is 1. The second-order valence-electron chi connectivity index (χ2n) is 28.8. The summed E-state index contributed by atoms with van der Waals surface area (Å²) in [6, 6.07) is 8.64. The molecule has 3 aromatic rings. The van der Waals surface area contributed by atoms with Crippen LogP contribution in [0.25, 0.3) is 0 Å². The lowest BCUT2D eigenvalue weighted by atomic mass is 9.49. The Morgan fingerprint density at radius 2 is 1.26 bits per heavy atom. The lowest BCUT2D eigenvalue weighted by Crippen LogP contribution is -2.60. The number of anilines is 1. The number of fused-ring (bicyclic) bond motifs is 7. The van der Waals surface area contributed by atoms with Crippen molar-refractivity contribution in [2.75, 3.05) is 83.6 Å². The fourth-order valence-electron chi connectivity index (χ4n) is 16.0. The summed E-state index contributed by atoms with van der Waals surface area (Å²) in [6.45, 7) is 16.7. The van der Waals surface area contributed by atoms with E-state index in [2.05, 4.69) is 56.1 Å². The van der Waals surface area contributed by atoms with Gasteiger partial charge in [0.2, 0.25) is 41.4 Å². The topological polar surface area (TPSA) is 369 Å². The lowest BCUT2D eigenvalue weighted by Gasteiger charge is -2.56. The summed E-state index contributed by atoms with van der Waals surface area (Å²) < 4.78 is 60.3. The van der Waals surface area contributed by atoms with Crippen LogP contribution in [0.5, 0.6) is 5.75 Å². The Labute approximate surface area is 577 Å². The number of hydrogen-bond donors (Lipinski definition) is 9. The fraction of sp³-hybridized carbons (Fsp3) is 0.704. The molecule has 2 aromatic carbocycles. The van der Waals surface area contributed by atoms with Crippen molar-refractivity contribution in [1.29, 1.82) is 0 Å². The highest BCUT2D eigenvalue weighted by molar-refractivity contribution is 7.85. The van der Waals surface area contributed by atoms with Gasteiger partial charge in [-0.1, -0.05) is 84.6 Å². The first-order valence-corrected chi connectivity index (χ1v) is 37.1. The average Bonchev–Trinajstić information content (AvgIpc) is 0.836. The maximum Gasteiger partial charge on any atom is 0.266 e. The molecule has 2 saturated carbocycles. The number of nitrogens with two attached hydrogens (primary N) is 1. The number of benzene rings is 2. The lowest BCUT2D eigenvalue weighted by molar-refractivity contribution is -0.150. The summed E-state index contributed by atoms with van der Waals surface area (Å²) in [5, 5.41) is 36.3. The molecule has 1 heterocycles. The van der Waals surface area contributed by atoms with Gasteiger partial charge in [-0.05, 0) is 172 Å². The van der Waals surface area contributed by atoms with Crippen LogP contribution in [0.3, 0.4) is 0 Å². The maximum absolute atomic E-state index is 14.8. The summed E-state index contributed by atoms with van der Waals surface area (Å²) in [5.41, 5.74) is 10.8. The summed E-state index contributed by atoms with van der Waals surface area (Å²) in [6.07, 6.45) is 13.2. The van der Waals surface area contributed by atoms with E-state index < -0.39 is 74.1 Å². The van der Waals surface area contributed by atoms with Crippen LogP contribution in [-0.4, -0.2) is 171 Å². The molecule has 0 aliphatic heterocycles. The van der Waals surface area contributed by atoms with Crippen molar-refractivity contribution in [3.05, 3.63) is 70.0 Å². The molecule has 10 N–H and O–H groups in total. The van der Waals surface area contributed by atoms with Crippen molar-refractivity contribution in [1.82, 2.24) is 41.6 Å². The van der Waals surface area contributed by atoms with Crippen LogP contribution in [0.2, 0.25) is 0 Å². The van der Waals surface area contributed by atoms with E-state index >= 15 is 0 Å². The molecule has 0 saturated heterocycles. The number of aromatic hydroxyl groups is 1. The van der Waals surface area contributed by atoms with Gasteiger partial charge < -0.3 is 61.1 Å². The number of hydrogen-bond acceptors (Lipinski definition) is 18. The SMILES string of the molecule is CC(C)C(NC(=O)[C@H](N)CCCCNC(=O)COC1CCCCCc2c1nnn2CCOCCOCCOCCOCCC(=O)NCCS(=O)(=O)O)C(=O)N[C@@H](C)C(=O)Nc1ccc2c(c1)[C@@]1(C)CCC[C@](C)(C(=O)NC(=O)[C@@]3(C)CCC[C@]4(C)c5cc(O)ccc5CC[C@@H]34)[C@@H]1CC2. The van der Waals surface area contributed by atoms with Crippen LogP contribution in [0, 0.1) is 28.6 Å². The monoisotopic (exact) mass is 1390 g/mol. The second kappa shape index (κ2) is 35.2. The number of ether oxygens (including phenoxy) is 5. The van der Waals surface area contributed by atoms with E-state index in [0.29, 0.717) is 96.9 Å². The Bertz CT molecular complexity index is 3370. The first-order valence-electron chi connectivity index (χ1n) is 35.5. The summed E-state index contributed by atoms with van der Waals surface area (Å²) in [4.78, 5) is 95.2. The zero-order chi connectivity index (χ0) is 70.8. The van der Waals surface area contributed by atoms with E-state index in [1.807, 2.05) is 48.9 Å². The molecular weight excluding hydrogens is 1280 g/mol. The van der Waals surface area contributed by atoms with E-state index in [-0.39, 0.29) is 85.3 Å². The third-order valence-electron chi connectivity index (χ3n) is 21.5. The van der Waals surface area contributed by atoms with Crippen LogP contribution in [0.4, 0.5) is 5.69 Å². The van der Waals surface area contributed by atoms with E-state index in [1.54, 1.807) is 26.8 Å². The predicted octanol–water partition coefficient (Wildman–Crippen LogP) is 5.88. The van der Waals surface area contributed by atoms with Gasteiger partial charge in [0, 0.05) is 25.2 Å². The van der Waals surface area contributed by atoms with Gasteiger partial charge in [0.05, 0.1) is 87.7 Å². The number of nitrogens with one attached hydrogen (secondary N) is 6. The minimum atomic E-state index is -4.13. The number of nitrogens with zero attached hydrogens (tertiary/aromatic N) is 3. The molecule has 26 nitrogen and oxygen atoms in total. The molecule has 0 spiro atoms. The van der Waals surface area contributed by atoms with Gasteiger partial charge in [-0.2, -0.15) is 8.42 Å². The van der Waals surface area contributed by atoms with E-state index in [0.717, 1.165) is 105 Å². The number of phenols is 1. The van der Waals surface area contributed by atoms with Gasteiger partial charge in [0.15, 0.2) is 0 Å². The molecular formula is C71H108N10O16S. The minimum Gasteiger partial charge on any atom is -0.508 e. The number of rotatable bonds is 35. The first-order chi connectivity index (χ1) is 46.7. The Hall–Kier alpha value is -6.46. The molecule has 8 rings (SSSR count). The zero-order valence-electron chi connectivity index (χ0n) is 58.6. The van der Waals surface area contributed by atoms with Crippen LogP contribution in [0.15, 0.2) is 36.4 Å². The first kappa shape index (κ1) is 77.3. The number of unbranched alkanes of at least 4 members (excludes halogenated alkanes) is 1. The second-order valence-corrected chi connectivity index (χ2v) is 30.4. The minimum absolute atomic E-state index is 0.00643. The van der Waals surface area contributed by atoms with Gasteiger partial charge in [0.1, 0.15) is 36.2 Å². The Kier molecular flexibility index (Phi) is 27.8. The predicted molar refractivity (Wildman–Crippen MR) is 366 cm³/mol. The Balaban J connectivity index is 0.708. The molecule has 5 aliphatic carbocycles. The van der Waals surface area contributed by atoms with E-state index in [1.165, 1.54) is 5.56 Å². The molecule has 7 amide bonds. The molecule has 27 heteroatoms. The molecule has 5 aliphatic rings. The summed E-state index contributed by atoms with van der Waals surface area (Å²) in [5.74, 6) is -3.32. The molecule has 2 unspecified atom stereocenters. The van der Waals surface area contributed by atoms with Crippen molar-refractivity contribution in [3.8, 4) is 5.75 Å². The summed E-state index contributed by atoms with van der Waals surface area (Å²) >= 11 is 0. The molecule has 1 aromatic heterocycles. The van der Waals surface area contributed by atoms with Crippen LogP contribution in [-0.2, 0) is 104 Å². The van der Waals surface area contributed by atoms with Gasteiger partial charge in [-0.3, -0.25) is 43.4 Å². The van der Waals surface area contributed by atoms with Crippen molar-refractivity contribution < 1.29 is 75.3 Å². The van der Waals surface area contributed by atoms with Crippen LogP contribution in [0.1, 0.15) is 191 Å². The fourth-order valence-corrected chi connectivity index (χ4v) is 16.4. The van der Waals surface area contributed by atoms with Crippen molar-refractivity contribution in [2.45, 2.75) is 212 Å². The molecule has 2 fully saturated rings. The third-order valence-corrected chi connectivity index (χ3v) is 22.2. The highest BCUT2D eigenvalue weighted by atomic mass is 32.2. The number of carbonyl (C=O) groups excluding carboxylic acids is 7. The highest BCUT2D eigenvalue weighted by Gasteiger charge is 2.58. The molecule has 0 bridgehead atoms. The van der Waals surface area contributed by atoms with Gasteiger partial charge >= 0.3 is 0 Å². The van der Waals surface area contributed by atoms with Gasteiger partial charge in [-0.15, -0.1) is 5.10 Å². The summed E-state index contributed by atoms with van der Waals surface area (Å²) in [7, 11) is -4.13. The maximum atomic E-state index is 14.8. The van der Waals surface area contributed by atoms with Crippen LogP contribution < -0.4 is 37.6 Å². The Morgan fingerprint density at radius 3 is 1.88 bits per heavy atom. The average molecular weight is 1390 g/mol. The normalized spacial score (nSPS) is 24.5. The molecule has 0 radical (unpaired) electrons. The van der Waals surface area contributed by atoms with Gasteiger partial charge in [0.25, 0.3) is 10.1 Å². The smallest absolute Gasteiger partial charge is 0.266 e. The molecule has 544 valence electrons. The number of carbonyl (C=O) groups is 7. The largest absolute Gasteiger partial charge is 0.508 e. The number of aromatic nitrogens is 3. The van der Waals surface area contributed by atoms with Crippen molar-refractivity contribution >= 4 is 57.2 Å². The van der Waals surface area contributed by atoms with Crippen molar-refractivity contribution in [3.63, 3.8) is 0 Å². The van der Waals surface area contributed by atoms with E-state index in [4.69, 9.17) is 34.0 Å². The molecule has 10 atom stereocenters. The van der Waals surface area contributed by atoms with Crippen LogP contribution >= 0.6 is 0 Å². The Morgan fingerprint density at radius 1 is 0.663 bits per heavy atom. The third kappa shape index (κ3) is 20.0. The van der Waals surface area contributed by atoms with Gasteiger partial charge in [-0.25, -0.2) is 4.68 Å². The van der Waals surface area contributed by atoms with Crippen molar-refractivity contribution in [2.24, 2.45) is 34.3 Å². The quantitative estimate of drug-likeness (QED) is 0.0188. The number of amides is 7. The number of phenolic OH excluding ortho intramolecular Hbond substituents is 1. The highest BCUT2D eigenvalue weighted by Crippen LogP contribution is 2.60. The van der Waals surface area contributed by atoms with E-state index in [9.17, 15) is 47.1 Å². The standard InChI is InChI=1S/C71H108N10O16S/c1-46(2)61(77-64(86)54(72)15-11-12-31-73-60(84)45-97-56-17-10-8-9-16-55-62(56)79-80-81(55)33-35-94-37-39-96-41-40-95-38-36-93-34-26-59(83)74-32-42-98(90,91)92)65(87)75-47(3)63(85)76-50-22-18-48-20-24-57-68(4,52(48)43-50)27-13-29-70(57,6)66(88)78-67(89)71(7)30-14-28-69(5)53-44-51(82)23-19-49(53)21-25-58(69)71/h18-19,22-23,43-44,46-47,54,56-58,61,82H,8-17,20-21,24-42,45,72H2,1-7H3,(H,73,84)(H,74,83)(H,75,87)(H,76,85)(H,77,86)(H,78,88,89)(H,90,91,92)/t47-,54+,56?,57+,58+,61?,68+,69+,70-,71-/m0/s1. The molecule has 98 heavy (non-hydrogen) atoms. The zero-order valence-corrected chi connectivity index (χ0v) is 59.4.